The quantitative estimate of drug-likeness (QED) is 0.311. The smallest absolute Gasteiger partial charge is 0.283 e. The van der Waals surface area contributed by atoms with Gasteiger partial charge in [-0.2, -0.15) is 8.42 Å². The fourth-order valence-electron chi connectivity index (χ4n) is 3.23. The molecule has 0 aliphatic heterocycles. The topological polar surface area (TPSA) is 94.8 Å². The summed E-state index contributed by atoms with van der Waals surface area (Å²) in [6.07, 6.45) is 0. The van der Waals surface area contributed by atoms with Gasteiger partial charge in [0.05, 0.1) is 10.6 Å². The Morgan fingerprint density at radius 1 is 0.724 bits per heavy atom. The molecule has 0 aliphatic rings. The fraction of sp³-hybridized carbons (Fsp3) is 0.0526. The molecule has 0 spiro atoms. The summed E-state index contributed by atoms with van der Waals surface area (Å²) in [7, 11) is -5.13. The molecular formula is C19H12Cl4O5S. The molecule has 0 aromatic heterocycles. The summed E-state index contributed by atoms with van der Waals surface area (Å²) in [6.45, 7) is 0. The third-order valence-corrected chi connectivity index (χ3v) is 6.81. The van der Waals surface area contributed by atoms with Crippen molar-refractivity contribution in [3.63, 3.8) is 0 Å². The van der Waals surface area contributed by atoms with Crippen molar-refractivity contribution in [3.05, 3.63) is 91.4 Å². The van der Waals surface area contributed by atoms with E-state index in [2.05, 4.69) is 0 Å². The highest BCUT2D eigenvalue weighted by Gasteiger charge is 2.52. The van der Waals surface area contributed by atoms with Crippen LogP contribution in [0.1, 0.15) is 16.7 Å². The number of hydrogen-bond acceptors (Lipinski definition) is 4. The number of benzene rings is 3. The maximum Gasteiger partial charge on any atom is 0.283 e. The lowest BCUT2D eigenvalue weighted by molar-refractivity contribution is 0.416. The third kappa shape index (κ3) is 3.77. The van der Waals surface area contributed by atoms with Gasteiger partial charge in [0, 0.05) is 15.1 Å². The molecule has 0 radical (unpaired) electrons. The highest BCUT2D eigenvalue weighted by atomic mass is 35.5. The standard InChI is InChI=1S/C19H12Cl4O5S/c20-12-3-1-10(2-4-12)19(29(26,27)28,11-7-13(21)9-14(22)8-11)17-16(24)6-5-15(23)18(17)25/h1-9,24-25H,(H,26,27,28). The minimum absolute atomic E-state index is 0.0457. The van der Waals surface area contributed by atoms with Crippen molar-refractivity contribution in [1.82, 2.24) is 0 Å². The van der Waals surface area contributed by atoms with Gasteiger partial charge < -0.3 is 10.2 Å². The summed E-state index contributed by atoms with van der Waals surface area (Å²) < 4.78 is 33.8. The summed E-state index contributed by atoms with van der Waals surface area (Å²) in [6, 6.07) is 11.6. The van der Waals surface area contributed by atoms with Crippen LogP contribution in [-0.2, 0) is 14.9 Å². The van der Waals surface area contributed by atoms with Crippen LogP contribution in [0.4, 0.5) is 0 Å². The number of halogens is 4. The van der Waals surface area contributed by atoms with E-state index in [0.717, 1.165) is 6.07 Å². The Hall–Kier alpha value is -1.67. The summed E-state index contributed by atoms with van der Waals surface area (Å²) in [5.41, 5.74) is -0.739. The van der Waals surface area contributed by atoms with E-state index in [-0.39, 0.29) is 26.2 Å². The predicted octanol–water partition coefficient (Wildman–Crippen LogP) is 5.89. The molecule has 3 rings (SSSR count). The van der Waals surface area contributed by atoms with Crippen molar-refractivity contribution >= 4 is 56.5 Å². The molecule has 0 saturated carbocycles. The molecule has 0 aliphatic carbocycles. The Labute approximate surface area is 186 Å². The predicted molar refractivity (Wildman–Crippen MR) is 114 cm³/mol. The van der Waals surface area contributed by atoms with E-state index in [1.165, 1.54) is 48.5 Å². The molecule has 152 valence electrons. The first-order valence-electron chi connectivity index (χ1n) is 7.89. The van der Waals surface area contributed by atoms with Crippen LogP contribution in [0.5, 0.6) is 11.5 Å². The molecule has 0 bridgehead atoms. The lowest BCUT2D eigenvalue weighted by Crippen LogP contribution is -2.38. The molecule has 0 saturated heterocycles. The average molecular weight is 494 g/mol. The van der Waals surface area contributed by atoms with E-state index in [0.29, 0.717) is 5.02 Å². The van der Waals surface area contributed by atoms with Crippen LogP contribution in [-0.4, -0.2) is 23.2 Å². The van der Waals surface area contributed by atoms with Gasteiger partial charge in [-0.1, -0.05) is 58.5 Å². The van der Waals surface area contributed by atoms with Gasteiger partial charge in [-0.15, -0.1) is 0 Å². The summed E-state index contributed by atoms with van der Waals surface area (Å²) >= 11 is 24.1. The Balaban J connectivity index is 2.63. The maximum atomic E-state index is 12.9. The van der Waals surface area contributed by atoms with E-state index in [4.69, 9.17) is 46.4 Å². The molecule has 0 heterocycles. The minimum atomic E-state index is -5.13. The second-order valence-corrected chi connectivity index (χ2v) is 9.39. The van der Waals surface area contributed by atoms with Crippen molar-refractivity contribution in [2.75, 3.05) is 0 Å². The van der Waals surface area contributed by atoms with Gasteiger partial charge in [0.1, 0.15) is 11.5 Å². The molecule has 3 N–H and O–H groups in total. The van der Waals surface area contributed by atoms with E-state index < -0.39 is 31.9 Å². The second-order valence-electron chi connectivity index (χ2n) is 6.11. The second kappa shape index (κ2) is 7.87. The molecule has 3 aromatic rings. The zero-order valence-corrected chi connectivity index (χ0v) is 18.1. The van der Waals surface area contributed by atoms with Gasteiger partial charge in [0.2, 0.25) is 0 Å². The number of phenolic OH excluding ortho intramolecular Hbond substituents is 2. The molecule has 3 aromatic carbocycles. The van der Waals surface area contributed by atoms with Crippen LogP contribution in [0.3, 0.4) is 0 Å². The molecule has 10 heteroatoms. The number of phenols is 2. The highest BCUT2D eigenvalue weighted by molar-refractivity contribution is 7.87. The van der Waals surface area contributed by atoms with Crippen molar-refractivity contribution in [3.8, 4) is 11.5 Å². The summed E-state index contributed by atoms with van der Waals surface area (Å²) in [4.78, 5) is 0. The van der Waals surface area contributed by atoms with Crippen LogP contribution in [0.2, 0.25) is 20.1 Å². The lowest BCUT2D eigenvalue weighted by Gasteiger charge is -2.33. The SMILES string of the molecule is O=S(=O)(O)C(c1ccc(Cl)cc1)(c1cc(Cl)cc(Cl)c1)c1c(O)ccc(Cl)c1O. The van der Waals surface area contributed by atoms with Gasteiger partial charge in [0.15, 0.2) is 4.75 Å². The van der Waals surface area contributed by atoms with Crippen molar-refractivity contribution < 1.29 is 23.2 Å². The van der Waals surface area contributed by atoms with Crippen LogP contribution < -0.4 is 0 Å². The Morgan fingerprint density at radius 2 is 1.28 bits per heavy atom. The van der Waals surface area contributed by atoms with Crippen LogP contribution in [0, 0.1) is 0 Å². The largest absolute Gasteiger partial charge is 0.507 e. The van der Waals surface area contributed by atoms with Crippen molar-refractivity contribution in [2.45, 2.75) is 4.75 Å². The van der Waals surface area contributed by atoms with E-state index >= 15 is 0 Å². The molecular weight excluding hydrogens is 482 g/mol. The summed E-state index contributed by atoms with van der Waals surface area (Å²) in [5.74, 6) is -1.37. The fourth-order valence-corrected chi connectivity index (χ4v) is 5.34. The van der Waals surface area contributed by atoms with Gasteiger partial charge in [-0.25, -0.2) is 0 Å². The molecule has 1 atom stereocenters. The van der Waals surface area contributed by atoms with Crippen molar-refractivity contribution in [2.24, 2.45) is 0 Å². The maximum absolute atomic E-state index is 12.9. The molecule has 1 unspecified atom stereocenters. The van der Waals surface area contributed by atoms with E-state index in [1.54, 1.807) is 0 Å². The first-order chi connectivity index (χ1) is 13.5. The third-order valence-electron chi connectivity index (χ3n) is 4.37. The van der Waals surface area contributed by atoms with Gasteiger partial charge in [0.25, 0.3) is 10.1 Å². The normalized spacial score (nSPS) is 13.8. The molecule has 5 nitrogen and oxygen atoms in total. The first kappa shape index (κ1) is 22.0. The summed E-state index contributed by atoms with van der Waals surface area (Å²) in [5, 5.41) is 21.4. The molecule has 0 amide bonds. The number of rotatable bonds is 4. The van der Waals surface area contributed by atoms with Crippen LogP contribution >= 0.6 is 46.4 Å². The minimum Gasteiger partial charge on any atom is -0.507 e. The van der Waals surface area contributed by atoms with Crippen LogP contribution in [0.15, 0.2) is 54.6 Å². The average Bonchev–Trinajstić information content (AvgIpc) is 2.61. The van der Waals surface area contributed by atoms with Gasteiger partial charge >= 0.3 is 0 Å². The highest BCUT2D eigenvalue weighted by Crippen LogP contribution is 2.52. The first-order valence-corrected chi connectivity index (χ1v) is 10.8. The molecule has 0 fully saturated rings. The van der Waals surface area contributed by atoms with E-state index in [9.17, 15) is 23.2 Å². The van der Waals surface area contributed by atoms with Gasteiger partial charge in [-0.05, 0) is 53.6 Å². The Morgan fingerprint density at radius 3 is 1.79 bits per heavy atom. The Kier molecular flexibility index (Phi) is 5.98. The van der Waals surface area contributed by atoms with E-state index in [1.807, 2.05) is 0 Å². The monoisotopic (exact) mass is 492 g/mol. The number of hydrogen-bond donors (Lipinski definition) is 3. The van der Waals surface area contributed by atoms with Gasteiger partial charge in [-0.3, -0.25) is 4.55 Å². The molecule has 29 heavy (non-hydrogen) atoms. The zero-order valence-electron chi connectivity index (χ0n) is 14.3. The lowest BCUT2D eigenvalue weighted by atomic mass is 9.83. The van der Waals surface area contributed by atoms with Crippen LogP contribution in [0.25, 0.3) is 0 Å². The zero-order chi connectivity index (χ0) is 21.6. The number of aromatic hydroxyl groups is 2. The van der Waals surface area contributed by atoms with Crippen molar-refractivity contribution in [1.29, 1.82) is 0 Å². The Bertz CT molecular complexity index is 1180.